The third-order valence-corrected chi connectivity index (χ3v) is 5.77. The fourth-order valence-electron chi connectivity index (χ4n) is 3.14. The second-order valence-corrected chi connectivity index (χ2v) is 8.50. The first-order valence-corrected chi connectivity index (χ1v) is 10.5. The van der Waals surface area contributed by atoms with Crippen molar-refractivity contribution in [2.45, 2.75) is 51.6 Å². The molecule has 1 heterocycles. The Morgan fingerprint density at radius 2 is 1.96 bits per heavy atom. The molecule has 2 rings (SSSR count). The molecule has 0 saturated heterocycles. The fourth-order valence-corrected chi connectivity index (χ4v) is 4.39. The molecule has 0 aliphatic carbocycles. The van der Waals surface area contributed by atoms with Gasteiger partial charge in [-0.25, -0.2) is 4.39 Å². The van der Waals surface area contributed by atoms with Crippen molar-refractivity contribution in [2.75, 3.05) is 7.05 Å². The molecule has 0 spiro atoms. The Balaban J connectivity index is 2.51. The van der Waals surface area contributed by atoms with E-state index in [1.807, 2.05) is 27.0 Å². The first-order valence-electron chi connectivity index (χ1n) is 9.10. The summed E-state index contributed by atoms with van der Waals surface area (Å²) in [5, 5.41) is 0.458. The molecule has 28 heavy (non-hydrogen) atoms. The maximum Gasteiger partial charge on any atom is 0.446 e. The summed E-state index contributed by atoms with van der Waals surface area (Å²) in [6.07, 6.45) is 5.33. The molecule has 1 aliphatic rings. The average Bonchev–Trinajstić information content (AvgIpc) is 2.57. The van der Waals surface area contributed by atoms with Crippen molar-refractivity contribution in [3.63, 3.8) is 0 Å². The van der Waals surface area contributed by atoms with Crippen LogP contribution in [0.4, 0.5) is 23.2 Å². The third-order valence-electron chi connectivity index (χ3n) is 4.47. The lowest BCUT2D eigenvalue weighted by Gasteiger charge is -2.33. The Bertz CT molecular complexity index is 815. The second-order valence-electron chi connectivity index (χ2n) is 6.74. The molecule has 0 aromatic heterocycles. The molecule has 1 aromatic carbocycles. The lowest BCUT2D eigenvalue weighted by Crippen LogP contribution is -2.32. The van der Waals surface area contributed by atoms with Crippen molar-refractivity contribution >= 4 is 37.7 Å². The summed E-state index contributed by atoms with van der Waals surface area (Å²) in [7, 11) is 4.11. The molecule has 0 bridgehead atoms. The summed E-state index contributed by atoms with van der Waals surface area (Å²) in [6.45, 7) is 5.68. The average molecular weight is 432 g/mol. The van der Waals surface area contributed by atoms with Gasteiger partial charge in [0.05, 0.1) is 11.7 Å². The number of rotatable bonds is 6. The van der Waals surface area contributed by atoms with Gasteiger partial charge in [-0.3, -0.25) is 4.99 Å². The summed E-state index contributed by atoms with van der Waals surface area (Å²) in [4.78, 5) is 6.68. The highest BCUT2D eigenvalue weighted by atomic mass is 32.2. The molecule has 0 N–H and O–H groups in total. The lowest BCUT2D eigenvalue weighted by molar-refractivity contribution is -0.0324. The number of hydrogen-bond acceptors (Lipinski definition) is 3. The van der Waals surface area contributed by atoms with Gasteiger partial charge in [-0.15, -0.1) is 9.24 Å². The molecular weight excluding hydrogens is 407 g/mol. The molecule has 2 atom stereocenters. The van der Waals surface area contributed by atoms with E-state index in [-0.39, 0.29) is 28.5 Å². The summed E-state index contributed by atoms with van der Waals surface area (Å²) >= 11 is -0.0719. The van der Waals surface area contributed by atoms with E-state index in [0.717, 1.165) is 12.0 Å². The molecule has 2 nitrogen and oxygen atoms in total. The van der Waals surface area contributed by atoms with Crippen molar-refractivity contribution < 1.29 is 17.6 Å². The van der Waals surface area contributed by atoms with E-state index in [1.165, 1.54) is 6.07 Å². The topological polar surface area (TPSA) is 15.6 Å². The number of halogens is 4. The van der Waals surface area contributed by atoms with Gasteiger partial charge in [0, 0.05) is 40.8 Å². The van der Waals surface area contributed by atoms with Crippen LogP contribution >= 0.6 is 21.0 Å². The molecule has 0 saturated carbocycles. The highest BCUT2D eigenvalue weighted by Crippen LogP contribution is 2.42. The number of thioether (sulfide) groups is 1. The maximum absolute atomic E-state index is 14.0. The normalized spacial score (nSPS) is 18.2. The number of nitrogens with zero attached hydrogens (tertiary/aromatic N) is 2. The third kappa shape index (κ3) is 5.84. The van der Waals surface area contributed by atoms with E-state index in [9.17, 15) is 17.6 Å². The molecular formula is C20H25F4N2PS. The standard InChI is InChI=1S/C20H25F4N2PS/c1-5-7-15(25-16-10-14(21)18(27)8-12(16)3)13-9-19(28-20(22,23)24)17(6-2)26(4)11-13/h8-11,17H,5-7,27H2,1-4H3. The van der Waals surface area contributed by atoms with E-state index in [2.05, 4.69) is 14.2 Å². The molecule has 0 amide bonds. The molecule has 0 fully saturated rings. The van der Waals surface area contributed by atoms with Crippen molar-refractivity contribution in [1.82, 2.24) is 4.90 Å². The minimum atomic E-state index is -4.35. The van der Waals surface area contributed by atoms with Crippen LogP contribution < -0.4 is 5.30 Å². The van der Waals surface area contributed by atoms with Crippen LogP contribution in [0.3, 0.4) is 0 Å². The van der Waals surface area contributed by atoms with Gasteiger partial charge < -0.3 is 4.90 Å². The van der Waals surface area contributed by atoms with E-state index >= 15 is 0 Å². The number of aryl methyl sites for hydroxylation is 1. The van der Waals surface area contributed by atoms with E-state index in [1.54, 1.807) is 24.1 Å². The van der Waals surface area contributed by atoms with Gasteiger partial charge in [0.15, 0.2) is 0 Å². The Kier molecular flexibility index (Phi) is 7.74. The predicted octanol–water partition coefficient (Wildman–Crippen LogP) is 6.25. The summed E-state index contributed by atoms with van der Waals surface area (Å²) < 4.78 is 53.1. The Labute approximate surface area is 170 Å². The van der Waals surface area contributed by atoms with E-state index in [0.29, 0.717) is 35.1 Å². The minimum absolute atomic E-state index is 0.0719. The van der Waals surface area contributed by atoms with Crippen LogP contribution in [0.5, 0.6) is 0 Å². The van der Waals surface area contributed by atoms with Crippen LogP contribution in [0, 0.1) is 12.7 Å². The van der Waals surface area contributed by atoms with Gasteiger partial charge in [0.2, 0.25) is 0 Å². The van der Waals surface area contributed by atoms with Crippen molar-refractivity contribution in [1.29, 1.82) is 0 Å². The molecule has 1 aromatic rings. The van der Waals surface area contributed by atoms with Gasteiger partial charge in [-0.2, -0.15) is 13.2 Å². The van der Waals surface area contributed by atoms with Crippen LogP contribution in [0.1, 0.15) is 38.7 Å². The van der Waals surface area contributed by atoms with Crippen molar-refractivity contribution in [3.05, 3.63) is 46.3 Å². The summed E-state index contributed by atoms with van der Waals surface area (Å²) in [5.41, 5.74) is -1.76. The van der Waals surface area contributed by atoms with Gasteiger partial charge in [0.25, 0.3) is 0 Å². The number of aliphatic imine (C=N–C) groups is 1. The van der Waals surface area contributed by atoms with E-state index < -0.39 is 5.51 Å². The Hall–Kier alpha value is -1.33. The minimum Gasteiger partial charge on any atom is -0.372 e. The summed E-state index contributed by atoms with van der Waals surface area (Å²) in [5.74, 6) is -0.380. The van der Waals surface area contributed by atoms with Gasteiger partial charge >= 0.3 is 5.51 Å². The number of hydrogen-bond donors (Lipinski definition) is 0. The number of alkyl halides is 3. The quantitative estimate of drug-likeness (QED) is 0.300. The smallest absolute Gasteiger partial charge is 0.372 e. The fraction of sp³-hybridized carbons (Fsp3) is 0.450. The zero-order valence-electron chi connectivity index (χ0n) is 16.4. The predicted molar refractivity (Wildman–Crippen MR) is 114 cm³/mol. The van der Waals surface area contributed by atoms with Gasteiger partial charge in [-0.05, 0) is 49.2 Å². The molecule has 154 valence electrons. The number of likely N-dealkylation sites (N-methyl/N-ethyl adjacent to an activating group) is 1. The Morgan fingerprint density at radius 3 is 2.54 bits per heavy atom. The first kappa shape index (κ1) is 23.0. The summed E-state index contributed by atoms with van der Waals surface area (Å²) in [6, 6.07) is 2.73. The van der Waals surface area contributed by atoms with Gasteiger partial charge in [-0.1, -0.05) is 20.3 Å². The van der Waals surface area contributed by atoms with E-state index in [4.69, 9.17) is 0 Å². The zero-order chi connectivity index (χ0) is 21.1. The Morgan fingerprint density at radius 1 is 1.29 bits per heavy atom. The molecule has 2 unspecified atom stereocenters. The number of benzene rings is 1. The second kappa shape index (κ2) is 9.45. The monoisotopic (exact) mass is 432 g/mol. The highest BCUT2D eigenvalue weighted by molar-refractivity contribution is 8.03. The van der Waals surface area contributed by atoms with Crippen molar-refractivity contribution in [2.24, 2.45) is 4.99 Å². The molecule has 1 aliphatic heterocycles. The maximum atomic E-state index is 14.0. The van der Waals surface area contributed by atoms with Crippen LogP contribution in [0.15, 0.2) is 39.9 Å². The largest absolute Gasteiger partial charge is 0.446 e. The molecule has 0 radical (unpaired) electrons. The lowest BCUT2D eigenvalue weighted by atomic mass is 10.0. The highest BCUT2D eigenvalue weighted by Gasteiger charge is 2.35. The number of allylic oxidation sites excluding steroid dienone is 2. The van der Waals surface area contributed by atoms with Crippen LogP contribution in [-0.2, 0) is 0 Å². The zero-order valence-corrected chi connectivity index (χ0v) is 18.4. The SMILES string of the molecule is CCCC(=Nc1cc(F)c(P)cc1C)C1=CN(C)C(CC)C(SC(F)(F)F)=C1. The van der Waals surface area contributed by atoms with Crippen LogP contribution in [0.25, 0.3) is 0 Å². The van der Waals surface area contributed by atoms with Crippen LogP contribution in [0.2, 0.25) is 0 Å². The van der Waals surface area contributed by atoms with Crippen molar-refractivity contribution in [3.8, 4) is 0 Å². The molecule has 8 heteroatoms. The van der Waals surface area contributed by atoms with Crippen LogP contribution in [-0.4, -0.2) is 29.2 Å². The van der Waals surface area contributed by atoms with Gasteiger partial charge in [0.1, 0.15) is 5.82 Å². The first-order chi connectivity index (χ1) is 13.1.